The van der Waals surface area contributed by atoms with E-state index in [-0.39, 0.29) is 18.0 Å². The first-order chi connectivity index (χ1) is 9.16. The quantitative estimate of drug-likeness (QED) is 0.769. The Morgan fingerprint density at radius 2 is 2.05 bits per heavy atom. The molecule has 0 saturated heterocycles. The summed E-state index contributed by atoms with van der Waals surface area (Å²) in [6, 6.07) is 6.04. The van der Waals surface area contributed by atoms with Gasteiger partial charge in [-0.3, -0.25) is 4.98 Å². The molecule has 0 unspecified atom stereocenters. The molecule has 2 aromatic heterocycles. The van der Waals surface area contributed by atoms with Gasteiger partial charge in [-0.05, 0) is 23.8 Å². The molecule has 1 aromatic carbocycles. The van der Waals surface area contributed by atoms with Crippen LogP contribution in [0.2, 0.25) is 0 Å². The van der Waals surface area contributed by atoms with E-state index in [9.17, 15) is 8.78 Å². The maximum atomic E-state index is 13.9. The van der Waals surface area contributed by atoms with Gasteiger partial charge in [0, 0.05) is 12.4 Å². The Labute approximate surface area is 107 Å². The molecule has 0 radical (unpaired) electrons. The molecular weight excluding hydrogens is 250 g/mol. The molecule has 0 fully saturated rings. The highest BCUT2D eigenvalue weighted by molar-refractivity contribution is 5.79. The second kappa shape index (κ2) is 4.31. The molecule has 0 amide bonds. The Bertz CT molecular complexity index is 737. The van der Waals surface area contributed by atoms with E-state index in [2.05, 4.69) is 9.97 Å². The Morgan fingerprint density at radius 1 is 1.21 bits per heavy atom. The van der Waals surface area contributed by atoms with E-state index in [0.29, 0.717) is 5.52 Å². The summed E-state index contributed by atoms with van der Waals surface area (Å²) in [7, 11) is 0. The zero-order valence-electron chi connectivity index (χ0n) is 9.85. The molecule has 3 rings (SSSR count). The van der Waals surface area contributed by atoms with Gasteiger partial charge in [0.25, 0.3) is 0 Å². The van der Waals surface area contributed by atoms with Crippen LogP contribution in [-0.4, -0.2) is 14.5 Å². The van der Waals surface area contributed by atoms with Crippen molar-refractivity contribution < 1.29 is 8.78 Å². The number of nitrogens with two attached hydrogens (primary N) is 1. The van der Waals surface area contributed by atoms with Gasteiger partial charge in [0.2, 0.25) is 5.95 Å². The van der Waals surface area contributed by atoms with Crippen molar-refractivity contribution in [2.75, 3.05) is 5.73 Å². The predicted molar refractivity (Wildman–Crippen MR) is 67.4 cm³/mol. The SMILES string of the molecule is Nc1nc2ccc(F)c(F)c2n1Cc1cccnc1. The third-order valence-corrected chi connectivity index (χ3v) is 2.89. The van der Waals surface area contributed by atoms with Gasteiger partial charge >= 0.3 is 0 Å². The first-order valence-electron chi connectivity index (χ1n) is 5.65. The molecule has 2 N–H and O–H groups in total. The zero-order chi connectivity index (χ0) is 13.4. The first kappa shape index (κ1) is 11.6. The van der Waals surface area contributed by atoms with Crippen LogP contribution in [0, 0.1) is 11.6 Å². The van der Waals surface area contributed by atoms with Crippen molar-refractivity contribution in [1.29, 1.82) is 0 Å². The summed E-state index contributed by atoms with van der Waals surface area (Å²) >= 11 is 0. The number of hydrogen-bond acceptors (Lipinski definition) is 3. The van der Waals surface area contributed by atoms with Gasteiger partial charge in [0.05, 0.1) is 12.1 Å². The maximum absolute atomic E-state index is 13.9. The van der Waals surface area contributed by atoms with E-state index in [1.165, 1.54) is 10.6 Å². The van der Waals surface area contributed by atoms with E-state index in [4.69, 9.17) is 5.73 Å². The van der Waals surface area contributed by atoms with Crippen molar-refractivity contribution in [3.8, 4) is 0 Å². The molecule has 0 spiro atoms. The summed E-state index contributed by atoms with van der Waals surface area (Å²) < 4.78 is 28.6. The molecule has 0 aliphatic heterocycles. The lowest BCUT2D eigenvalue weighted by atomic mass is 10.2. The molecule has 0 aliphatic carbocycles. The Kier molecular flexibility index (Phi) is 2.63. The fraction of sp³-hybridized carbons (Fsp3) is 0.0769. The van der Waals surface area contributed by atoms with Crippen LogP contribution in [0.4, 0.5) is 14.7 Å². The van der Waals surface area contributed by atoms with Gasteiger partial charge in [-0.1, -0.05) is 6.07 Å². The van der Waals surface area contributed by atoms with Crippen LogP contribution in [0.15, 0.2) is 36.7 Å². The lowest BCUT2D eigenvalue weighted by Crippen LogP contribution is -2.06. The van der Waals surface area contributed by atoms with Crippen molar-refractivity contribution in [3.05, 3.63) is 53.9 Å². The number of pyridine rings is 1. The number of anilines is 1. The third kappa shape index (κ3) is 1.91. The summed E-state index contributed by atoms with van der Waals surface area (Å²) in [5.41, 5.74) is 7.00. The largest absolute Gasteiger partial charge is 0.369 e. The van der Waals surface area contributed by atoms with Crippen LogP contribution in [0.1, 0.15) is 5.56 Å². The summed E-state index contributed by atoms with van der Waals surface area (Å²) in [6.07, 6.45) is 3.28. The van der Waals surface area contributed by atoms with E-state index < -0.39 is 11.6 Å². The van der Waals surface area contributed by atoms with Crippen LogP contribution in [-0.2, 0) is 6.54 Å². The summed E-state index contributed by atoms with van der Waals surface area (Å²) in [6.45, 7) is 0.288. The molecule has 0 aliphatic rings. The van der Waals surface area contributed by atoms with Gasteiger partial charge in [0.15, 0.2) is 11.6 Å². The number of rotatable bonds is 2. The van der Waals surface area contributed by atoms with Crippen molar-refractivity contribution in [3.63, 3.8) is 0 Å². The van der Waals surface area contributed by atoms with Crippen molar-refractivity contribution in [2.24, 2.45) is 0 Å². The molecule has 0 atom stereocenters. The van der Waals surface area contributed by atoms with Crippen molar-refractivity contribution in [2.45, 2.75) is 6.54 Å². The number of nitrogens with zero attached hydrogens (tertiary/aromatic N) is 3. The fourth-order valence-corrected chi connectivity index (χ4v) is 2.01. The normalized spacial score (nSPS) is 11.1. The average Bonchev–Trinajstić information content (AvgIpc) is 2.73. The number of nitrogen functional groups attached to an aromatic ring is 1. The third-order valence-electron chi connectivity index (χ3n) is 2.89. The molecule has 96 valence electrons. The lowest BCUT2D eigenvalue weighted by Gasteiger charge is -2.06. The first-order valence-corrected chi connectivity index (χ1v) is 5.65. The zero-order valence-corrected chi connectivity index (χ0v) is 9.85. The van der Waals surface area contributed by atoms with E-state index in [1.54, 1.807) is 18.5 Å². The van der Waals surface area contributed by atoms with Gasteiger partial charge in [-0.15, -0.1) is 0 Å². The van der Waals surface area contributed by atoms with Crippen molar-refractivity contribution >= 4 is 17.0 Å². The second-order valence-electron chi connectivity index (χ2n) is 4.15. The van der Waals surface area contributed by atoms with E-state index in [1.807, 2.05) is 6.07 Å². The topological polar surface area (TPSA) is 56.7 Å². The number of halogens is 2. The summed E-state index contributed by atoms with van der Waals surface area (Å²) in [4.78, 5) is 8.00. The van der Waals surface area contributed by atoms with Crippen LogP contribution in [0.5, 0.6) is 0 Å². The highest BCUT2D eigenvalue weighted by Crippen LogP contribution is 2.23. The van der Waals surface area contributed by atoms with Crippen molar-refractivity contribution in [1.82, 2.24) is 14.5 Å². The van der Waals surface area contributed by atoms with E-state index >= 15 is 0 Å². The minimum absolute atomic E-state index is 0.0707. The number of imidazole rings is 1. The van der Waals surface area contributed by atoms with Gasteiger partial charge in [0.1, 0.15) is 5.52 Å². The van der Waals surface area contributed by atoms with Crippen LogP contribution >= 0.6 is 0 Å². The monoisotopic (exact) mass is 260 g/mol. The molecule has 4 nitrogen and oxygen atoms in total. The Balaban J connectivity index is 2.18. The molecule has 3 aromatic rings. The van der Waals surface area contributed by atoms with Crippen LogP contribution < -0.4 is 5.73 Å². The Morgan fingerprint density at radius 3 is 2.79 bits per heavy atom. The van der Waals surface area contributed by atoms with Gasteiger partial charge < -0.3 is 10.3 Å². The van der Waals surface area contributed by atoms with Gasteiger partial charge in [-0.2, -0.15) is 0 Å². The lowest BCUT2D eigenvalue weighted by molar-refractivity contribution is 0.512. The molecule has 19 heavy (non-hydrogen) atoms. The van der Waals surface area contributed by atoms with E-state index in [0.717, 1.165) is 11.6 Å². The minimum Gasteiger partial charge on any atom is -0.369 e. The highest BCUT2D eigenvalue weighted by atomic mass is 19.2. The van der Waals surface area contributed by atoms with Gasteiger partial charge in [-0.25, -0.2) is 13.8 Å². The molecule has 6 heteroatoms. The van der Waals surface area contributed by atoms with Crippen LogP contribution in [0.3, 0.4) is 0 Å². The average molecular weight is 260 g/mol. The Hall–Kier alpha value is -2.50. The number of hydrogen-bond donors (Lipinski definition) is 1. The minimum atomic E-state index is -0.939. The smallest absolute Gasteiger partial charge is 0.201 e. The number of benzene rings is 1. The highest BCUT2D eigenvalue weighted by Gasteiger charge is 2.16. The number of fused-ring (bicyclic) bond motifs is 1. The second-order valence-corrected chi connectivity index (χ2v) is 4.15. The maximum Gasteiger partial charge on any atom is 0.201 e. The summed E-state index contributed by atoms with van der Waals surface area (Å²) in [5, 5.41) is 0. The predicted octanol–water partition coefficient (Wildman–Crippen LogP) is 2.34. The fourth-order valence-electron chi connectivity index (χ4n) is 2.01. The molecule has 0 bridgehead atoms. The van der Waals surface area contributed by atoms with Crippen LogP contribution in [0.25, 0.3) is 11.0 Å². The molecule has 2 heterocycles. The molecular formula is C13H10F2N4. The molecule has 0 saturated carbocycles. The number of aromatic nitrogens is 3. The standard InChI is InChI=1S/C13H10F2N4/c14-9-3-4-10-12(11(9)15)19(13(16)18-10)7-8-2-1-5-17-6-8/h1-6H,7H2,(H2,16,18). The summed E-state index contributed by atoms with van der Waals surface area (Å²) in [5.74, 6) is -1.71.